The number of hydrogen-bond acceptors (Lipinski definition) is 2. The van der Waals surface area contributed by atoms with Gasteiger partial charge in [-0.1, -0.05) is 48.0 Å². The molecule has 0 aliphatic carbocycles. The molecule has 1 unspecified atom stereocenters. The van der Waals surface area contributed by atoms with E-state index in [0.29, 0.717) is 13.0 Å². The van der Waals surface area contributed by atoms with E-state index in [1.165, 1.54) is 5.56 Å². The summed E-state index contributed by atoms with van der Waals surface area (Å²) in [6.45, 7) is 2.27. The molecular weight excluding hydrogens is 318 g/mol. The minimum absolute atomic E-state index is 0.0610. The van der Waals surface area contributed by atoms with Crippen molar-refractivity contribution in [1.29, 1.82) is 0 Å². The molecule has 0 aliphatic heterocycles. The van der Waals surface area contributed by atoms with Crippen LogP contribution in [0.4, 0.5) is 0 Å². The Morgan fingerprint density at radius 1 is 1.04 bits per heavy atom. The maximum Gasteiger partial charge on any atom is 0.240 e. The molecule has 0 radical (unpaired) electrons. The third-order valence-corrected chi connectivity index (χ3v) is 5.45. The van der Waals surface area contributed by atoms with Crippen LogP contribution in [0.15, 0.2) is 59.5 Å². The van der Waals surface area contributed by atoms with E-state index in [4.69, 9.17) is 6.42 Å². The van der Waals surface area contributed by atoms with Crippen molar-refractivity contribution in [1.82, 2.24) is 4.72 Å². The molecule has 0 heterocycles. The van der Waals surface area contributed by atoms with E-state index in [0.717, 1.165) is 18.4 Å². The molecular formula is C20H23NO2S. The molecule has 1 atom stereocenters. The lowest BCUT2D eigenvalue weighted by atomic mass is 9.97. The summed E-state index contributed by atoms with van der Waals surface area (Å²) < 4.78 is 27.1. The van der Waals surface area contributed by atoms with Crippen molar-refractivity contribution < 1.29 is 8.42 Å². The van der Waals surface area contributed by atoms with Crippen LogP contribution in [0.5, 0.6) is 0 Å². The Bertz CT molecular complexity index is 775. The fourth-order valence-corrected chi connectivity index (χ4v) is 3.51. The molecule has 0 saturated carbocycles. The largest absolute Gasteiger partial charge is 0.240 e. The van der Waals surface area contributed by atoms with Crippen LogP contribution in [-0.2, 0) is 16.4 Å². The fourth-order valence-electron chi connectivity index (χ4n) is 2.46. The van der Waals surface area contributed by atoms with E-state index in [-0.39, 0.29) is 10.8 Å². The van der Waals surface area contributed by atoms with Gasteiger partial charge in [0.1, 0.15) is 0 Å². The summed E-state index contributed by atoms with van der Waals surface area (Å²) in [5.74, 6) is 2.83. The first kappa shape index (κ1) is 18.3. The highest BCUT2D eigenvalue weighted by Gasteiger charge is 2.14. The van der Waals surface area contributed by atoms with Crippen molar-refractivity contribution in [2.45, 2.75) is 31.1 Å². The van der Waals surface area contributed by atoms with Gasteiger partial charge < -0.3 is 0 Å². The molecule has 0 amide bonds. The van der Waals surface area contributed by atoms with Crippen molar-refractivity contribution in [2.24, 2.45) is 5.92 Å². The average Bonchev–Trinajstić information content (AvgIpc) is 2.59. The Labute approximate surface area is 145 Å². The number of terminal acetylenes is 1. The standard InChI is InChI=1S/C20H23NO2S/c1-3-18(11-12-19-7-5-4-6-8-19)15-16-21-24(22,23)20-13-9-17(2)10-14-20/h1,4-10,13-14,18,21H,11-12,15-16H2,2H3. The van der Waals surface area contributed by atoms with Crippen molar-refractivity contribution in [3.63, 3.8) is 0 Å². The summed E-state index contributed by atoms with van der Waals surface area (Å²) >= 11 is 0. The highest BCUT2D eigenvalue weighted by molar-refractivity contribution is 7.89. The van der Waals surface area contributed by atoms with Gasteiger partial charge in [-0.05, 0) is 43.9 Å². The Morgan fingerprint density at radius 3 is 2.33 bits per heavy atom. The summed E-state index contributed by atoms with van der Waals surface area (Å²) in [6.07, 6.45) is 7.98. The second-order valence-corrected chi connectivity index (χ2v) is 7.65. The summed E-state index contributed by atoms with van der Waals surface area (Å²) in [5.41, 5.74) is 2.28. The van der Waals surface area contributed by atoms with E-state index in [1.807, 2.05) is 25.1 Å². The predicted octanol–water partition coefficient (Wildman–Crippen LogP) is 3.55. The van der Waals surface area contributed by atoms with E-state index in [1.54, 1.807) is 24.3 Å². The van der Waals surface area contributed by atoms with Gasteiger partial charge in [-0.15, -0.1) is 12.3 Å². The highest BCUT2D eigenvalue weighted by atomic mass is 32.2. The number of benzene rings is 2. The highest BCUT2D eigenvalue weighted by Crippen LogP contribution is 2.14. The Kier molecular flexibility index (Phi) is 6.60. The molecule has 1 N–H and O–H groups in total. The smallest absolute Gasteiger partial charge is 0.211 e. The lowest BCUT2D eigenvalue weighted by molar-refractivity contribution is 0.541. The van der Waals surface area contributed by atoms with Gasteiger partial charge >= 0.3 is 0 Å². The van der Waals surface area contributed by atoms with Crippen LogP contribution < -0.4 is 4.72 Å². The zero-order valence-electron chi connectivity index (χ0n) is 13.9. The fraction of sp³-hybridized carbons (Fsp3) is 0.300. The van der Waals surface area contributed by atoms with E-state index >= 15 is 0 Å². The molecule has 2 rings (SSSR count). The second kappa shape index (κ2) is 8.68. The molecule has 4 heteroatoms. The molecule has 0 spiro atoms. The maximum absolute atomic E-state index is 12.2. The quantitative estimate of drug-likeness (QED) is 0.747. The van der Waals surface area contributed by atoms with Gasteiger partial charge in [0, 0.05) is 12.5 Å². The van der Waals surface area contributed by atoms with Crippen molar-refractivity contribution in [3.05, 3.63) is 65.7 Å². The van der Waals surface area contributed by atoms with Crippen LogP contribution in [0, 0.1) is 25.2 Å². The molecule has 3 nitrogen and oxygen atoms in total. The van der Waals surface area contributed by atoms with Crippen LogP contribution in [0.1, 0.15) is 24.0 Å². The van der Waals surface area contributed by atoms with Crippen LogP contribution in [0.3, 0.4) is 0 Å². The first-order valence-corrected chi connectivity index (χ1v) is 9.56. The first-order chi connectivity index (χ1) is 11.5. The average molecular weight is 341 g/mol. The monoisotopic (exact) mass is 341 g/mol. The predicted molar refractivity (Wildman–Crippen MR) is 98.1 cm³/mol. The number of nitrogens with one attached hydrogen (secondary N) is 1. The Hall–Kier alpha value is -2.09. The minimum atomic E-state index is -3.47. The van der Waals surface area contributed by atoms with Gasteiger partial charge in [0.2, 0.25) is 10.0 Å². The van der Waals surface area contributed by atoms with Crippen LogP contribution >= 0.6 is 0 Å². The second-order valence-electron chi connectivity index (χ2n) is 5.89. The first-order valence-electron chi connectivity index (χ1n) is 8.07. The maximum atomic E-state index is 12.2. The zero-order valence-corrected chi connectivity index (χ0v) is 14.7. The van der Waals surface area contributed by atoms with Gasteiger partial charge in [0.15, 0.2) is 0 Å². The van der Waals surface area contributed by atoms with E-state index in [9.17, 15) is 8.42 Å². The van der Waals surface area contributed by atoms with Gasteiger partial charge in [0.25, 0.3) is 0 Å². The summed E-state index contributed by atoms with van der Waals surface area (Å²) in [4.78, 5) is 0.287. The molecule has 0 saturated heterocycles. The third-order valence-electron chi connectivity index (χ3n) is 3.98. The molecule has 2 aromatic rings. The summed E-state index contributed by atoms with van der Waals surface area (Å²) in [6, 6.07) is 17.0. The normalized spacial score (nSPS) is 12.5. The minimum Gasteiger partial charge on any atom is -0.211 e. The molecule has 0 fully saturated rings. The SMILES string of the molecule is C#CC(CCNS(=O)(=O)c1ccc(C)cc1)CCc1ccccc1. The number of aryl methyl sites for hydroxylation is 2. The third kappa shape index (κ3) is 5.52. The lowest BCUT2D eigenvalue weighted by Gasteiger charge is -2.12. The van der Waals surface area contributed by atoms with Crippen molar-refractivity contribution >= 4 is 10.0 Å². The molecule has 24 heavy (non-hydrogen) atoms. The molecule has 0 aromatic heterocycles. The molecule has 2 aromatic carbocycles. The topological polar surface area (TPSA) is 46.2 Å². The van der Waals surface area contributed by atoms with Gasteiger partial charge in [0.05, 0.1) is 4.90 Å². The molecule has 0 bridgehead atoms. The number of hydrogen-bond donors (Lipinski definition) is 1. The zero-order chi connectivity index (χ0) is 17.4. The van der Waals surface area contributed by atoms with E-state index in [2.05, 4.69) is 22.8 Å². The number of rotatable bonds is 8. The Balaban J connectivity index is 1.83. The lowest BCUT2D eigenvalue weighted by Crippen LogP contribution is -2.26. The summed E-state index contributed by atoms with van der Waals surface area (Å²) in [5, 5.41) is 0. The van der Waals surface area contributed by atoms with Gasteiger partial charge in [-0.2, -0.15) is 0 Å². The van der Waals surface area contributed by atoms with Crippen LogP contribution in [0.25, 0.3) is 0 Å². The number of sulfonamides is 1. The summed E-state index contributed by atoms with van der Waals surface area (Å²) in [7, 11) is -3.47. The van der Waals surface area contributed by atoms with Gasteiger partial charge in [-0.25, -0.2) is 13.1 Å². The van der Waals surface area contributed by atoms with Gasteiger partial charge in [-0.3, -0.25) is 0 Å². The van der Waals surface area contributed by atoms with Crippen LogP contribution in [-0.4, -0.2) is 15.0 Å². The molecule has 0 aliphatic rings. The van der Waals surface area contributed by atoms with Crippen molar-refractivity contribution in [3.8, 4) is 12.3 Å². The Morgan fingerprint density at radius 2 is 1.71 bits per heavy atom. The molecule has 126 valence electrons. The van der Waals surface area contributed by atoms with E-state index < -0.39 is 10.0 Å². The van der Waals surface area contributed by atoms with Crippen LogP contribution in [0.2, 0.25) is 0 Å². The van der Waals surface area contributed by atoms with Crippen molar-refractivity contribution in [2.75, 3.05) is 6.54 Å².